The number of benzene rings is 2. The highest BCUT2D eigenvalue weighted by Crippen LogP contribution is 2.43. The van der Waals surface area contributed by atoms with E-state index < -0.39 is 16.8 Å². The molecule has 3 fully saturated rings. The van der Waals surface area contributed by atoms with Crippen molar-refractivity contribution in [1.82, 2.24) is 0 Å². The molecule has 38 heavy (non-hydrogen) atoms. The maximum atomic E-state index is 13.1. The van der Waals surface area contributed by atoms with E-state index >= 15 is 0 Å². The Morgan fingerprint density at radius 2 is 1.82 bits per heavy atom. The molecular weight excluding hydrogens is 494 g/mol. The average Bonchev–Trinajstić information content (AvgIpc) is 3.40. The van der Waals surface area contributed by atoms with Crippen LogP contribution >= 0.6 is 0 Å². The van der Waals surface area contributed by atoms with E-state index in [1.165, 1.54) is 41.2 Å². The zero-order valence-corrected chi connectivity index (χ0v) is 21.0. The number of carbonyl (C=O) groups excluding carboxylic acids is 4. The largest absolute Gasteiger partial charge is 0.494 e. The van der Waals surface area contributed by atoms with Crippen molar-refractivity contribution >= 4 is 40.8 Å². The number of non-ortho nitro benzene ring substituents is 1. The molecule has 3 aliphatic rings. The molecule has 3 amide bonds. The number of imide groups is 1. The van der Waals surface area contributed by atoms with Gasteiger partial charge in [-0.2, -0.15) is 0 Å². The molecule has 11 nitrogen and oxygen atoms in total. The first-order valence-electron chi connectivity index (χ1n) is 12.5. The van der Waals surface area contributed by atoms with E-state index in [9.17, 15) is 29.3 Å². The van der Waals surface area contributed by atoms with E-state index in [2.05, 4.69) is 6.92 Å². The van der Waals surface area contributed by atoms with Crippen molar-refractivity contribution in [1.29, 1.82) is 0 Å². The number of ether oxygens (including phenoxy) is 2. The molecule has 2 aromatic rings. The highest BCUT2D eigenvalue weighted by molar-refractivity contribution is 6.22. The van der Waals surface area contributed by atoms with Gasteiger partial charge in [0, 0.05) is 25.1 Å². The first-order chi connectivity index (χ1) is 18.2. The van der Waals surface area contributed by atoms with Crippen LogP contribution in [0.3, 0.4) is 0 Å². The molecular formula is C27H27N3O8. The summed E-state index contributed by atoms with van der Waals surface area (Å²) in [4.78, 5) is 64.8. The number of rotatable bonds is 6. The van der Waals surface area contributed by atoms with E-state index in [-0.39, 0.29) is 59.7 Å². The van der Waals surface area contributed by atoms with Crippen LogP contribution in [0.25, 0.3) is 0 Å². The molecule has 0 aromatic heterocycles. The number of nitro groups is 1. The summed E-state index contributed by atoms with van der Waals surface area (Å²) in [7, 11) is 1.34. The van der Waals surface area contributed by atoms with Crippen LogP contribution < -0.4 is 19.3 Å². The number of esters is 1. The third-order valence-corrected chi connectivity index (χ3v) is 7.61. The number of methoxy groups -OCH3 is 1. The molecule has 0 N–H and O–H groups in total. The smallest absolute Gasteiger partial charge is 0.316 e. The van der Waals surface area contributed by atoms with Gasteiger partial charge in [0.25, 0.3) is 5.69 Å². The van der Waals surface area contributed by atoms with Crippen LogP contribution in [-0.4, -0.2) is 42.3 Å². The zero-order valence-electron chi connectivity index (χ0n) is 21.0. The third kappa shape index (κ3) is 4.48. The van der Waals surface area contributed by atoms with Crippen molar-refractivity contribution in [3.8, 4) is 11.5 Å². The fraction of sp³-hybridized carbons (Fsp3) is 0.407. The molecule has 2 saturated heterocycles. The lowest BCUT2D eigenvalue weighted by molar-refractivity contribution is -0.384. The molecule has 2 heterocycles. The molecule has 198 valence electrons. The molecule has 11 heteroatoms. The van der Waals surface area contributed by atoms with Gasteiger partial charge in [0.1, 0.15) is 11.5 Å². The van der Waals surface area contributed by atoms with Crippen molar-refractivity contribution in [3.63, 3.8) is 0 Å². The summed E-state index contributed by atoms with van der Waals surface area (Å²) >= 11 is 0. The fourth-order valence-corrected chi connectivity index (χ4v) is 5.63. The molecule has 0 bridgehead atoms. The van der Waals surface area contributed by atoms with Gasteiger partial charge in [0.05, 0.1) is 47.2 Å². The number of nitro benzene ring substituents is 1. The Kier molecular flexibility index (Phi) is 6.60. The van der Waals surface area contributed by atoms with Crippen molar-refractivity contribution in [3.05, 3.63) is 52.6 Å². The Morgan fingerprint density at radius 1 is 1.05 bits per heavy atom. The number of fused-ring (bicyclic) bond motifs is 1. The van der Waals surface area contributed by atoms with Crippen molar-refractivity contribution in [2.75, 3.05) is 23.5 Å². The number of carbonyl (C=O) groups is 4. The van der Waals surface area contributed by atoms with Crippen LogP contribution in [0.2, 0.25) is 0 Å². The lowest BCUT2D eigenvalue weighted by atomic mass is 9.76. The summed E-state index contributed by atoms with van der Waals surface area (Å²) in [5.74, 6) is -2.14. The van der Waals surface area contributed by atoms with Crippen LogP contribution in [0.5, 0.6) is 11.5 Å². The van der Waals surface area contributed by atoms with Crippen LogP contribution in [-0.2, 0) is 19.2 Å². The van der Waals surface area contributed by atoms with Crippen LogP contribution in [0.1, 0.15) is 32.6 Å². The molecule has 2 aromatic carbocycles. The standard InChI is InChI=1S/C27H27N3O8/c1-15-6-8-20-21(10-15)26(33)29(25(20)32)17-4-3-5-19(12-17)38-27(34)16-11-24(31)28(14-16)22-9-7-18(30(35)36)13-23(22)37-2/h3-5,7,9,12-13,15-16,20-21H,6,8,10-11,14H2,1-2H3/t15-,16-,20-,21+/m1/s1. The fourth-order valence-electron chi connectivity index (χ4n) is 5.63. The second-order valence-electron chi connectivity index (χ2n) is 10.1. The summed E-state index contributed by atoms with van der Waals surface area (Å²) in [5, 5.41) is 11.1. The number of anilines is 2. The Labute approximate surface area is 218 Å². The van der Waals surface area contributed by atoms with Gasteiger partial charge < -0.3 is 14.4 Å². The summed E-state index contributed by atoms with van der Waals surface area (Å²) < 4.78 is 10.8. The van der Waals surface area contributed by atoms with Crippen LogP contribution in [0.15, 0.2) is 42.5 Å². The summed E-state index contributed by atoms with van der Waals surface area (Å²) in [5.41, 5.74) is 0.492. The minimum atomic E-state index is -0.787. The van der Waals surface area contributed by atoms with E-state index in [1.54, 1.807) is 18.2 Å². The number of nitrogens with zero attached hydrogens (tertiary/aromatic N) is 3. The summed E-state index contributed by atoms with van der Waals surface area (Å²) in [6, 6.07) is 10.2. The van der Waals surface area contributed by atoms with E-state index in [4.69, 9.17) is 9.47 Å². The Balaban J connectivity index is 1.30. The van der Waals surface area contributed by atoms with Gasteiger partial charge in [-0.05, 0) is 43.4 Å². The second kappa shape index (κ2) is 9.88. The highest BCUT2D eigenvalue weighted by Gasteiger charge is 2.50. The second-order valence-corrected chi connectivity index (χ2v) is 10.1. The van der Waals surface area contributed by atoms with Gasteiger partial charge >= 0.3 is 5.97 Å². The predicted molar refractivity (Wildman–Crippen MR) is 135 cm³/mol. The quantitative estimate of drug-likeness (QED) is 0.185. The molecule has 0 unspecified atom stereocenters. The predicted octanol–water partition coefficient (Wildman–Crippen LogP) is 3.49. The monoisotopic (exact) mass is 521 g/mol. The lowest BCUT2D eigenvalue weighted by Crippen LogP contribution is -2.31. The Morgan fingerprint density at radius 3 is 2.55 bits per heavy atom. The molecule has 1 saturated carbocycles. The van der Waals surface area contributed by atoms with Crippen molar-refractivity contribution in [2.45, 2.75) is 32.6 Å². The molecule has 2 aliphatic heterocycles. The minimum Gasteiger partial charge on any atom is -0.494 e. The van der Waals surface area contributed by atoms with E-state index in [0.29, 0.717) is 30.1 Å². The van der Waals surface area contributed by atoms with Crippen LogP contribution in [0.4, 0.5) is 17.1 Å². The van der Waals surface area contributed by atoms with E-state index in [0.717, 1.165) is 6.42 Å². The Hall–Kier alpha value is -4.28. The first-order valence-corrected chi connectivity index (χ1v) is 12.5. The Bertz CT molecular complexity index is 1340. The number of hydrogen-bond donors (Lipinski definition) is 0. The SMILES string of the molecule is COc1cc([N+](=O)[O-])ccc1N1C[C@H](C(=O)Oc2cccc(N3C(=O)[C@H]4C[C@H](C)CC[C@H]4C3=O)c2)CC1=O. The molecule has 0 radical (unpaired) electrons. The molecule has 5 rings (SSSR count). The van der Waals surface area contributed by atoms with Gasteiger partial charge in [-0.15, -0.1) is 0 Å². The average molecular weight is 522 g/mol. The van der Waals surface area contributed by atoms with Gasteiger partial charge in [-0.25, -0.2) is 4.90 Å². The molecule has 0 spiro atoms. The van der Waals surface area contributed by atoms with Gasteiger partial charge in [-0.3, -0.25) is 29.3 Å². The summed E-state index contributed by atoms with van der Waals surface area (Å²) in [6.07, 6.45) is 2.18. The van der Waals surface area contributed by atoms with Gasteiger partial charge in [0.15, 0.2) is 0 Å². The molecule has 1 aliphatic carbocycles. The zero-order chi connectivity index (χ0) is 27.1. The topological polar surface area (TPSA) is 136 Å². The van der Waals surface area contributed by atoms with Crippen molar-refractivity contribution in [2.24, 2.45) is 23.7 Å². The molecule has 4 atom stereocenters. The lowest BCUT2D eigenvalue weighted by Gasteiger charge is -2.25. The minimum absolute atomic E-state index is 0.0101. The first kappa shape index (κ1) is 25.4. The number of hydrogen-bond acceptors (Lipinski definition) is 8. The maximum absolute atomic E-state index is 13.1. The number of amides is 3. The van der Waals surface area contributed by atoms with Gasteiger partial charge in [-0.1, -0.05) is 13.0 Å². The van der Waals surface area contributed by atoms with Crippen molar-refractivity contribution < 1.29 is 33.6 Å². The van der Waals surface area contributed by atoms with E-state index in [1.807, 2.05) is 0 Å². The third-order valence-electron chi connectivity index (χ3n) is 7.61. The normalized spacial score (nSPS) is 24.9. The maximum Gasteiger partial charge on any atom is 0.316 e. The highest BCUT2D eigenvalue weighted by atomic mass is 16.6. The summed E-state index contributed by atoms with van der Waals surface area (Å²) in [6.45, 7) is 2.10. The van der Waals surface area contributed by atoms with Gasteiger partial charge in [0.2, 0.25) is 17.7 Å². The van der Waals surface area contributed by atoms with Crippen LogP contribution in [0, 0.1) is 33.8 Å².